The Bertz CT molecular complexity index is 858. The SMILES string of the molecule is CC(C)c1cc2c(c(C(C)C)c1)OC1=C(C=O)CCCCC1=C2N=CN(C)C. The van der Waals surface area contributed by atoms with Crippen molar-refractivity contribution in [2.75, 3.05) is 14.1 Å². The molecule has 0 fully saturated rings. The van der Waals surface area contributed by atoms with Gasteiger partial charge in [0.05, 0.1) is 12.0 Å². The molecule has 0 N–H and O–H groups in total. The Hall–Kier alpha value is -2.36. The summed E-state index contributed by atoms with van der Waals surface area (Å²) in [4.78, 5) is 18.6. The van der Waals surface area contributed by atoms with E-state index in [9.17, 15) is 4.79 Å². The Morgan fingerprint density at radius 2 is 1.79 bits per heavy atom. The Morgan fingerprint density at radius 1 is 1.07 bits per heavy atom. The number of aldehydes is 1. The third-order valence-corrected chi connectivity index (χ3v) is 5.42. The predicted molar refractivity (Wildman–Crippen MR) is 116 cm³/mol. The van der Waals surface area contributed by atoms with E-state index in [-0.39, 0.29) is 0 Å². The second-order valence-electron chi connectivity index (χ2n) is 8.61. The normalized spacial score (nSPS) is 17.0. The lowest BCUT2D eigenvalue weighted by molar-refractivity contribution is -0.105. The maximum absolute atomic E-state index is 11.8. The number of nitrogens with zero attached hydrogens (tertiary/aromatic N) is 2. The lowest BCUT2D eigenvalue weighted by Crippen LogP contribution is -2.15. The van der Waals surface area contributed by atoms with Gasteiger partial charge in [0, 0.05) is 30.8 Å². The molecule has 4 nitrogen and oxygen atoms in total. The van der Waals surface area contributed by atoms with Crippen molar-refractivity contribution >= 4 is 18.3 Å². The van der Waals surface area contributed by atoms with Gasteiger partial charge in [-0.3, -0.25) is 4.79 Å². The number of carbonyl (C=O) groups is 1. The second-order valence-corrected chi connectivity index (χ2v) is 8.61. The fourth-order valence-electron chi connectivity index (χ4n) is 3.82. The first-order chi connectivity index (χ1) is 13.3. The minimum absolute atomic E-state index is 0.319. The minimum atomic E-state index is 0.319. The monoisotopic (exact) mass is 380 g/mol. The van der Waals surface area contributed by atoms with Crippen molar-refractivity contribution < 1.29 is 9.53 Å². The Kier molecular flexibility index (Phi) is 6.07. The molecule has 0 bridgehead atoms. The molecule has 0 unspecified atom stereocenters. The molecule has 1 aromatic rings. The van der Waals surface area contributed by atoms with Crippen molar-refractivity contribution in [2.45, 2.75) is 65.2 Å². The van der Waals surface area contributed by atoms with Crippen LogP contribution in [0, 0.1) is 0 Å². The highest BCUT2D eigenvalue weighted by Crippen LogP contribution is 2.47. The molecule has 1 aliphatic heterocycles. The van der Waals surface area contributed by atoms with Gasteiger partial charge >= 0.3 is 0 Å². The van der Waals surface area contributed by atoms with E-state index in [0.717, 1.165) is 65.9 Å². The van der Waals surface area contributed by atoms with Gasteiger partial charge in [-0.25, -0.2) is 4.99 Å². The van der Waals surface area contributed by atoms with Crippen molar-refractivity contribution in [3.63, 3.8) is 0 Å². The minimum Gasteiger partial charge on any atom is -0.456 e. The van der Waals surface area contributed by atoms with E-state index in [1.165, 1.54) is 11.1 Å². The molecule has 3 rings (SSSR count). The molecule has 4 heteroatoms. The summed E-state index contributed by atoms with van der Waals surface area (Å²) in [5.74, 6) is 2.35. The number of carbonyl (C=O) groups excluding carboxylic acids is 1. The number of benzene rings is 1. The molecule has 0 amide bonds. The van der Waals surface area contributed by atoms with Crippen LogP contribution < -0.4 is 4.74 Å². The molecule has 1 aliphatic carbocycles. The van der Waals surface area contributed by atoms with Gasteiger partial charge in [-0.05, 0) is 54.7 Å². The fourth-order valence-corrected chi connectivity index (χ4v) is 3.82. The Labute approximate surface area is 169 Å². The molecule has 0 aromatic heterocycles. The maximum Gasteiger partial charge on any atom is 0.149 e. The predicted octanol–water partition coefficient (Wildman–Crippen LogP) is 5.65. The summed E-state index contributed by atoms with van der Waals surface area (Å²) in [5.41, 5.74) is 6.31. The molecule has 1 aromatic carbocycles. The zero-order chi connectivity index (χ0) is 20.4. The van der Waals surface area contributed by atoms with Crippen LogP contribution in [0.5, 0.6) is 5.75 Å². The molecular formula is C24H32N2O2. The van der Waals surface area contributed by atoms with E-state index in [2.05, 4.69) is 39.8 Å². The molecule has 150 valence electrons. The summed E-state index contributed by atoms with van der Waals surface area (Å²) in [7, 11) is 3.94. The number of hydrogen-bond acceptors (Lipinski definition) is 3. The van der Waals surface area contributed by atoms with Gasteiger partial charge in [0.15, 0.2) is 0 Å². The highest BCUT2D eigenvalue weighted by Gasteiger charge is 2.31. The highest BCUT2D eigenvalue weighted by molar-refractivity contribution is 5.86. The quantitative estimate of drug-likeness (QED) is 0.376. The van der Waals surface area contributed by atoms with Gasteiger partial charge < -0.3 is 9.64 Å². The third-order valence-electron chi connectivity index (χ3n) is 5.42. The van der Waals surface area contributed by atoms with Gasteiger partial charge in [-0.1, -0.05) is 33.8 Å². The molecule has 0 saturated carbocycles. The summed E-state index contributed by atoms with van der Waals surface area (Å²) in [5, 5.41) is 0. The van der Waals surface area contributed by atoms with Crippen LogP contribution in [0.15, 0.2) is 34.0 Å². The average Bonchev–Trinajstić information content (AvgIpc) is 2.85. The van der Waals surface area contributed by atoms with Crippen molar-refractivity contribution in [3.8, 4) is 5.75 Å². The molecule has 0 radical (unpaired) electrons. The van der Waals surface area contributed by atoms with E-state index < -0.39 is 0 Å². The number of allylic oxidation sites excluding steroid dienone is 2. The van der Waals surface area contributed by atoms with Gasteiger partial charge in [-0.15, -0.1) is 0 Å². The highest BCUT2D eigenvalue weighted by atomic mass is 16.5. The van der Waals surface area contributed by atoms with Crippen LogP contribution in [-0.4, -0.2) is 31.6 Å². The van der Waals surface area contributed by atoms with Gasteiger partial charge in [0.25, 0.3) is 0 Å². The number of aliphatic imine (C=N–C) groups is 1. The van der Waals surface area contributed by atoms with Crippen LogP contribution in [0.2, 0.25) is 0 Å². The molecule has 0 spiro atoms. The van der Waals surface area contributed by atoms with Crippen molar-refractivity contribution in [1.82, 2.24) is 4.90 Å². The van der Waals surface area contributed by atoms with E-state index in [4.69, 9.17) is 9.73 Å². The van der Waals surface area contributed by atoms with Gasteiger partial charge in [-0.2, -0.15) is 0 Å². The fraction of sp³-hybridized carbons (Fsp3) is 0.500. The van der Waals surface area contributed by atoms with Crippen molar-refractivity contribution in [3.05, 3.63) is 45.7 Å². The number of ether oxygens (including phenoxy) is 1. The lowest BCUT2D eigenvalue weighted by atomic mass is 9.88. The lowest BCUT2D eigenvalue weighted by Gasteiger charge is -2.28. The van der Waals surface area contributed by atoms with Crippen molar-refractivity contribution in [1.29, 1.82) is 0 Å². The third kappa shape index (κ3) is 3.91. The summed E-state index contributed by atoms with van der Waals surface area (Å²) in [6.07, 6.45) is 6.50. The first kappa shape index (κ1) is 20.4. The van der Waals surface area contributed by atoms with Crippen LogP contribution in [-0.2, 0) is 4.79 Å². The first-order valence-corrected chi connectivity index (χ1v) is 10.3. The van der Waals surface area contributed by atoms with E-state index in [1.54, 1.807) is 0 Å². The summed E-state index contributed by atoms with van der Waals surface area (Å²) >= 11 is 0. The topological polar surface area (TPSA) is 41.9 Å². The standard InChI is InChI=1S/C24H32N2O2/c1-15(2)18-11-20(16(3)4)24-21(12-18)22(25-14-26(5)6)19-10-8-7-9-17(13-27)23(19)28-24/h11-16H,7-10H2,1-6H3. The molecule has 28 heavy (non-hydrogen) atoms. The Balaban J connectivity index is 2.35. The smallest absolute Gasteiger partial charge is 0.149 e. The molecule has 0 atom stereocenters. The van der Waals surface area contributed by atoms with Crippen LogP contribution >= 0.6 is 0 Å². The number of fused-ring (bicyclic) bond motifs is 2. The number of hydrogen-bond donors (Lipinski definition) is 0. The van der Waals surface area contributed by atoms with E-state index >= 15 is 0 Å². The first-order valence-electron chi connectivity index (χ1n) is 10.3. The van der Waals surface area contributed by atoms with Crippen LogP contribution in [0.3, 0.4) is 0 Å². The Morgan fingerprint density at radius 3 is 2.39 bits per heavy atom. The van der Waals surface area contributed by atoms with Gasteiger partial charge in [0.1, 0.15) is 17.8 Å². The van der Waals surface area contributed by atoms with Crippen LogP contribution in [0.1, 0.15) is 81.9 Å². The second kappa shape index (κ2) is 8.34. The summed E-state index contributed by atoms with van der Waals surface area (Å²) in [6.45, 7) is 8.81. The van der Waals surface area contributed by atoms with Crippen LogP contribution in [0.4, 0.5) is 0 Å². The summed E-state index contributed by atoms with van der Waals surface area (Å²) < 4.78 is 6.49. The number of rotatable bonds is 5. The zero-order valence-corrected chi connectivity index (χ0v) is 18.0. The summed E-state index contributed by atoms with van der Waals surface area (Å²) in [6, 6.07) is 4.48. The molecule has 1 heterocycles. The van der Waals surface area contributed by atoms with Crippen LogP contribution in [0.25, 0.3) is 5.70 Å². The molecule has 2 aliphatic rings. The zero-order valence-electron chi connectivity index (χ0n) is 18.0. The van der Waals surface area contributed by atoms with E-state index in [1.807, 2.05) is 25.3 Å². The van der Waals surface area contributed by atoms with E-state index in [0.29, 0.717) is 11.8 Å². The largest absolute Gasteiger partial charge is 0.456 e. The molecular weight excluding hydrogens is 348 g/mol. The van der Waals surface area contributed by atoms with Gasteiger partial charge in [0.2, 0.25) is 0 Å². The maximum atomic E-state index is 11.8. The molecule has 0 saturated heterocycles. The average molecular weight is 381 g/mol. The van der Waals surface area contributed by atoms with Crippen molar-refractivity contribution in [2.24, 2.45) is 4.99 Å².